The van der Waals surface area contributed by atoms with Crippen LogP contribution in [-0.2, 0) is 10.8 Å². The van der Waals surface area contributed by atoms with Crippen LogP contribution in [0, 0.1) is 6.92 Å². The van der Waals surface area contributed by atoms with E-state index in [2.05, 4.69) is 10.7 Å². The van der Waals surface area contributed by atoms with Crippen LogP contribution in [0.1, 0.15) is 29.3 Å². The van der Waals surface area contributed by atoms with E-state index in [0.717, 1.165) is 5.56 Å². The van der Waals surface area contributed by atoms with Crippen molar-refractivity contribution in [1.29, 1.82) is 0 Å². The number of nitrogens with one attached hydrogen (secondary N) is 2. The van der Waals surface area contributed by atoms with E-state index in [1.54, 1.807) is 12.3 Å². The minimum atomic E-state index is -0.862. The van der Waals surface area contributed by atoms with Gasteiger partial charge < -0.3 is 10.7 Å². The summed E-state index contributed by atoms with van der Waals surface area (Å²) >= 11 is 0. The molecule has 0 bridgehead atoms. The van der Waals surface area contributed by atoms with Crippen LogP contribution in [0.2, 0.25) is 0 Å². The molecule has 1 amide bonds. The maximum atomic E-state index is 12.0. The van der Waals surface area contributed by atoms with Gasteiger partial charge in [0.15, 0.2) is 0 Å². The van der Waals surface area contributed by atoms with Gasteiger partial charge in [-0.2, -0.15) is 0 Å². The SMILES string of the molecule is Cc1ccc(C(=O)NCCC(C)S(C)=O)c(NN)c1. The van der Waals surface area contributed by atoms with Gasteiger partial charge in [0.25, 0.3) is 5.91 Å². The van der Waals surface area contributed by atoms with Crippen LogP contribution in [0.25, 0.3) is 0 Å². The molecule has 0 spiro atoms. The molecule has 0 aromatic heterocycles. The highest BCUT2D eigenvalue weighted by Crippen LogP contribution is 2.16. The standard InChI is InChI=1S/C13H21N3O2S/c1-9-4-5-11(12(8-9)16-14)13(17)15-7-6-10(2)19(3)18/h4-5,8,10,16H,6-7,14H2,1-3H3,(H,15,17). The van der Waals surface area contributed by atoms with E-state index in [-0.39, 0.29) is 11.2 Å². The summed E-state index contributed by atoms with van der Waals surface area (Å²) in [5, 5.41) is 2.88. The second-order valence-electron chi connectivity index (χ2n) is 4.55. The van der Waals surface area contributed by atoms with Gasteiger partial charge in [-0.25, -0.2) is 0 Å². The Balaban J connectivity index is 2.61. The summed E-state index contributed by atoms with van der Waals surface area (Å²) in [6, 6.07) is 5.42. The zero-order chi connectivity index (χ0) is 14.4. The van der Waals surface area contributed by atoms with E-state index >= 15 is 0 Å². The lowest BCUT2D eigenvalue weighted by atomic mass is 10.1. The van der Waals surface area contributed by atoms with E-state index in [9.17, 15) is 9.00 Å². The van der Waals surface area contributed by atoms with Crippen molar-refractivity contribution in [3.05, 3.63) is 29.3 Å². The molecule has 0 fully saturated rings. The molecule has 19 heavy (non-hydrogen) atoms. The van der Waals surface area contributed by atoms with E-state index in [0.29, 0.717) is 24.2 Å². The summed E-state index contributed by atoms with van der Waals surface area (Å²) in [5.74, 6) is 5.23. The lowest BCUT2D eigenvalue weighted by Crippen LogP contribution is -2.28. The molecule has 0 aliphatic heterocycles. The molecule has 0 aliphatic carbocycles. The second kappa shape index (κ2) is 7.25. The number of amides is 1. The number of nitrogen functional groups attached to an aromatic ring is 1. The van der Waals surface area contributed by atoms with Crippen molar-refractivity contribution in [2.75, 3.05) is 18.2 Å². The first-order chi connectivity index (χ1) is 8.95. The smallest absolute Gasteiger partial charge is 0.253 e. The van der Waals surface area contributed by atoms with E-state index < -0.39 is 10.8 Å². The normalized spacial score (nSPS) is 13.7. The number of hydrazine groups is 1. The quantitative estimate of drug-likeness (QED) is 0.540. The molecule has 2 unspecified atom stereocenters. The van der Waals surface area contributed by atoms with Gasteiger partial charge in [0.05, 0.1) is 11.3 Å². The van der Waals surface area contributed by atoms with Gasteiger partial charge >= 0.3 is 0 Å². The molecule has 0 radical (unpaired) electrons. The van der Waals surface area contributed by atoms with Gasteiger partial charge in [0.1, 0.15) is 0 Å². The zero-order valence-electron chi connectivity index (χ0n) is 11.5. The molecule has 1 aromatic rings. The minimum Gasteiger partial charge on any atom is -0.352 e. The molecule has 0 saturated heterocycles. The van der Waals surface area contributed by atoms with E-state index in [1.807, 2.05) is 26.0 Å². The minimum absolute atomic E-state index is 0.0745. The summed E-state index contributed by atoms with van der Waals surface area (Å²) < 4.78 is 11.2. The van der Waals surface area contributed by atoms with Crippen LogP contribution in [-0.4, -0.2) is 28.2 Å². The molecular weight excluding hydrogens is 262 g/mol. The van der Waals surface area contributed by atoms with Crippen molar-refractivity contribution >= 4 is 22.4 Å². The fourth-order valence-electron chi connectivity index (χ4n) is 1.63. The molecule has 1 rings (SSSR count). The van der Waals surface area contributed by atoms with Gasteiger partial charge in [-0.05, 0) is 31.0 Å². The Bertz CT molecular complexity index is 477. The van der Waals surface area contributed by atoms with E-state index in [4.69, 9.17) is 5.84 Å². The lowest BCUT2D eigenvalue weighted by Gasteiger charge is -2.12. The van der Waals surface area contributed by atoms with Crippen molar-refractivity contribution in [2.24, 2.45) is 5.84 Å². The number of aryl methyl sites for hydroxylation is 1. The monoisotopic (exact) mass is 283 g/mol. The van der Waals surface area contributed by atoms with Gasteiger partial charge in [0.2, 0.25) is 0 Å². The third kappa shape index (κ3) is 4.65. The largest absolute Gasteiger partial charge is 0.352 e. The average molecular weight is 283 g/mol. The molecule has 0 aliphatic rings. The van der Waals surface area contributed by atoms with Crippen LogP contribution in [0.15, 0.2) is 18.2 Å². The first-order valence-electron chi connectivity index (χ1n) is 6.13. The maximum Gasteiger partial charge on any atom is 0.253 e. The molecule has 0 heterocycles. The Hall–Kier alpha value is -1.40. The third-order valence-electron chi connectivity index (χ3n) is 2.98. The van der Waals surface area contributed by atoms with Crippen LogP contribution < -0.4 is 16.6 Å². The zero-order valence-corrected chi connectivity index (χ0v) is 12.3. The number of hydrogen-bond donors (Lipinski definition) is 3. The van der Waals surface area contributed by atoms with Crippen LogP contribution in [0.3, 0.4) is 0 Å². The van der Waals surface area contributed by atoms with Crippen LogP contribution in [0.5, 0.6) is 0 Å². The molecule has 6 heteroatoms. The molecule has 1 aromatic carbocycles. The molecule has 2 atom stereocenters. The Kier molecular flexibility index (Phi) is 5.98. The Labute approximate surface area is 116 Å². The number of carbonyl (C=O) groups is 1. The Morgan fingerprint density at radius 3 is 2.74 bits per heavy atom. The number of anilines is 1. The molecule has 5 nitrogen and oxygen atoms in total. The fourth-order valence-corrected chi connectivity index (χ4v) is 2.08. The topological polar surface area (TPSA) is 84.2 Å². The predicted octanol–water partition coefficient (Wildman–Crippen LogP) is 1.17. The van der Waals surface area contributed by atoms with Crippen LogP contribution in [0.4, 0.5) is 5.69 Å². The van der Waals surface area contributed by atoms with Gasteiger partial charge in [-0.1, -0.05) is 13.0 Å². The maximum absolute atomic E-state index is 12.0. The summed E-state index contributed by atoms with van der Waals surface area (Å²) in [4.78, 5) is 12.0. The molecule has 0 saturated carbocycles. The van der Waals surface area contributed by atoms with Gasteiger partial charge in [-0.15, -0.1) is 0 Å². The van der Waals surface area contributed by atoms with Gasteiger partial charge in [-0.3, -0.25) is 14.8 Å². The highest BCUT2D eigenvalue weighted by Gasteiger charge is 2.12. The third-order valence-corrected chi connectivity index (χ3v) is 4.35. The number of carbonyl (C=O) groups excluding carboxylic acids is 1. The van der Waals surface area contributed by atoms with Crippen molar-refractivity contribution in [1.82, 2.24) is 5.32 Å². The summed E-state index contributed by atoms with van der Waals surface area (Å²) in [6.07, 6.45) is 2.36. The number of rotatable bonds is 6. The summed E-state index contributed by atoms with van der Waals surface area (Å²) in [6.45, 7) is 4.33. The number of hydrogen-bond acceptors (Lipinski definition) is 4. The fraction of sp³-hybridized carbons (Fsp3) is 0.462. The average Bonchev–Trinajstić information content (AvgIpc) is 2.37. The number of benzene rings is 1. The Morgan fingerprint density at radius 2 is 2.16 bits per heavy atom. The number of nitrogens with two attached hydrogens (primary N) is 1. The predicted molar refractivity (Wildman–Crippen MR) is 79.5 cm³/mol. The van der Waals surface area contributed by atoms with E-state index in [1.165, 1.54) is 0 Å². The van der Waals surface area contributed by atoms with Crippen molar-refractivity contribution in [2.45, 2.75) is 25.5 Å². The van der Waals surface area contributed by atoms with Crippen LogP contribution >= 0.6 is 0 Å². The lowest BCUT2D eigenvalue weighted by molar-refractivity contribution is 0.0954. The molecule has 106 valence electrons. The van der Waals surface area contributed by atoms with Crippen molar-refractivity contribution in [3.63, 3.8) is 0 Å². The second-order valence-corrected chi connectivity index (χ2v) is 6.35. The Morgan fingerprint density at radius 1 is 1.47 bits per heavy atom. The highest BCUT2D eigenvalue weighted by atomic mass is 32.2. The first-order valence-corrected chi connectivity index (χ1v) is 7.75. The molecule has 4 N–H and O–H groups in total. The summed E-state index contributed by atoms with van der Waals surface area (Å²) in [5.41, 5.74) is 4.67. The van der Waals surface area contributed by atoms with Gasteiger partial charge in [0, 0.05) is 28.9 Å². The first kappa shape index (κ1) is 15.7. The molecular formula is C13H21N3O2S. The van der Waals surface area contributed by atoms with Crippen molar-refractivity contribution in [3.8, 4) is 0 Å². The summed E-state index contributed by atoms with van der Waals surface area (Å²) in [7, 11) is -0.862. The highest BCUT2D eigenvalue weighted by molar-refractivity contribution is 7.84. The van der Waals surface area contributed by atoms with Crippen molar-refractivity contribution < 1.29 is 9.00 Å².